The number of nitrogens with zero attached hydrogens (tertiary/aromatic N) is 1. The third-order valence-electron chi connectivity index (χ3n) is 6.68. The number of phenolic OH excluding ortho intramolecular Hbond substituents is 1. The fourth-order valence-corrected chi connectivity index (χ4v) is 5.79. The summed E-state index contributed by atoms with van der Waals surface area (Å²) in [6.07, 6.45) is 11.2. The minimum absolute atomic E-state index is 0.0304. The molecule has 0 aliphatic heterocycles. The molecule has 0 aromatic heterocycles. The molecule has 0 saturated heterocycles. The van der Waals surface area contributed by atoms with Gasteiger partial charge in [-0.25, -0.2) is 12.7 Å². The highest BCUT2D eigenvalue weighted by atomic mass is 35.5. The molecule has 0 amide bonds. The van der Waals surface area contributed by atoms with E-state index >= 15 is 0 Å². The number of halogens is 1. The molecule has 0 bridgehead atoms. The average Bonchev–Trinajstić information content (AvgIpc) is 3.32. The first-order chi connectivity index (χ1) is 16.3. The topological polar surface area (TPSA) is 116 Å². The fourth-order valence-electron chi connectivity index (χ4n) is 4.31. The molecule has 2 aromatic rings. The van der Waals surface area contributed by atoms with Gasteiger partial charge in [-0.15, -0.1) is 0 Å². The highest BCUT2D eigenvalue weighted by Crippen LogP contribution is 2.42. The Labute approximate surface area is 209 Å². The molecule has 186 valence electrons. The quantitative estimate of drug-likeness (QED) is 0.375. The number of hydrogen-bond acceptors (Lipinski definition) is 7. The van der Waals surface area contributed by atoms with E-state index in [1.54, 1.807) is 0 Å². The Morgan fingerprint density at radius 1 is 1.14 bits per heavy atom. The molecule has 0 spiro atoms. The van der Waals surface area contributed by atoms with E-state index in [0.717, 1.165) is 23.6 Å². The van der Waals surface area contributed by atoms with Crippen molar-refractivity contribution in [3.63, 3.8) is 0 Å². The number of aromatic hydroxyl groups is 1. The summed E-state index contributed by atoms with van der Waals surface area (Å²) < 4.78 is 26.2. The Kier molecular flexibility index (Phi) is 6.46. The summed E-state index contributed by atoms with van der Waals surface area (Å²) in [4.78, 5) is 24.5. The lowest BCUT2D eigenvalue weighted by Gasteiger charge is -2.39. The molecular weight excluding hydrogens is 490 g/mol. The summed E-state index contributed by atoms with van der Waals surface area (Å²) in [5, 5.41) is 16.5. The maximum atomic E-state index is 12.6. The van der Waals surface area contributed by atoms with Crippen LogP contribution in [0.1, 0.15) is 33.1 Å². The zero-order valence-electron chi connectivity index (χ0n) is 20.0. The third kappa shape index (κ3) is 4.44. The fraction of sp³-hybridized carbons (Fsp3) is 0.360. The predicted molar refractivity (Wildman–Crippen MR) is 139 cm³/mol. The second-order valence-electron chi connectivity index (χ2n) is 9.69. The number of allylic oxidation sites excluding steroid dienone is 5. The molecule has 0 fully saturated rings. The summed E-state index contributed by atoms with van der Waals surface area (Å²) in [6, 6.07) is 2.45. The van der Waals surface area contributed by atoms with Crippen molar-refractivity contribution in [2.24, 2.45) is 5.41 Å². The summed E-state index contributed by atoms with van der Waals surface area (Å²) >= 11 is 6.07. The van der Waals surface area contributed by atoms with E-state index in [4.69, 9.17) is 11.6 Å². The van der Waals surface area contributed by atoms with Gasteiger partial charge >= 0.3 is 0 Å². The smallest absolute Gasteiger partial charge is 0.253 e. The molecule has 3 N–H and O–H groups in total. The van der Waals surface area contributed by atoms with Crippen LogP contribution < -0.4 is 21.5 Å². The minimum atomic E-state index is -4.07. The predicted octanol–water partition coefficient (Wildman–Crippen LogP) is 4.05. The van der Waals surface area contributed by atoms with Gasteiger partial charge in [0.1, 0.15) is 16.3 Å². The van der Waals surface area contributed by atoms with E-state index in [-0.39, 0.29) is 33.5 Å². The largest absolute Gasteiger partial charge is 0.504 e. The summed E-state index contributed by atoms with van der Waals surface area (Å²) in [5.74, 6) is -0.634. The molecule has 2 aliphatic carbocycles. The number of hydrogen-bond donors (Lipinski definition) is 3. The third-order valence-corrected chi connectivity index (χ3v) is 9.00. The van der Waals surface area contributed by atoms with Crippen LogP contribution in [-0.4, -0.2) is 38.0 Å². The average molecular weight is 518 g/mol. The van der Waals surface area contributed by atoms with Gasteiger partial charge in [-0.1, -0.05) is 49.8 Å². The van der Waals surface area contributed by atoms with Crippen LogP contribution in [-0.2, 0) is 10.0 Å². The monoisotopic (exact) mass is 517 g/mol. The summed E-state index contributed by atoms with van der Waals surface area (Å²) in [6.45, 7) is 4.19. The van der Waals surface area contributed by atoms with Gasteiger partial charge in [0, 0.05) is 14.1 Å². The lowest BCUT2D eigenvalue weighted by atomic mass is 9.73. The van der Waals surface area contributed by atoms with Gasteiger partial charge in [0.05, 0.1) is 16.8 Å². The summed E-state index contributed by atoms with van der Waals surface area (Å²) in [5.41, 5.74) is 0.791. The standard InChI is InChI=1S/C25H28ClN3O5S/c1-25(2)12-11-15(14-7-5-6-8-14)13-18(25)28-20-19(22(31)23(20)32)27-17-10-9-16(26)24(21(17)30)35(33,34)29(3)4/h5,7-10,13,18,27-28,30H,6,11-12H2,1-4H3. The maximum absolute atomic E-state index is 12.6. The van der Waals surface area contributed by atoms with Crippen molar-refractivity contribution >= 4 is 38.7 Å². The SMILES string of the molecule is CN(C)S(=O)(=O)c1c(Cl)ccc(Nc2c(NC3C=C(C4=CCC=C4)CCC3(C)C)c(=O)c2=O)c1O. The van der Waals surface area contributed by atoms with E-state index in [9.17, 15) is 23.1 Å². The lowest BCUT2D eigenvalue weighted by molar-refractivity contribution is 0.299. The molecule has 0 heterocycles. The first-order valence-corrected chi connectivity index (χ1v) is 13.0. The Morgan fingerprint density at radius 2 is 1.83 bits per heavy atom. The van der Waals surface area contributed by atoms with Crippen molar-refractivity contribution in [1.29, 1.82) is 0 Å². The van der Waals surface area contributed by atoms with E-state index in [1.165, 1.54) is 37.4 Å². The van der Waals surface area contributed by atoms with Crippen LogP contribution in [0.4, 0.5) is 17.1 Å². The second kappa shape index (κ2) is 8.96. The van der Waals surface area contributed by atoms with Crippen molar-refractivity contribution in [1.82, 2.24) is 4.31 Å². The zero-order chi connectivity index (χ0) is 25.7. The van der Waals surface area contributed by atoms with Gasteiger partial charge in [-0.05, 0) is 48.0 Å². The molecule has 1 atom stereocenters. The molecule has 8 nitrogen and oxygen atoms in total. The van der Waals surface area contributed by atoms with Gasteiger partial charge in [0.15, 0.2) is 5.75 Å². The molecule has 2 aliphatic rings. The van der Waals surface area contributed by atoms with Crippen LogP contribution in [0.25, 0.3) is 0 Å². The second-order valence-corrected chi connectivity index (χ2v) is 12.2. The lowest BCUT2D eigenvalue weighted by Crippen LogP contribution is -2.44. The molecule has 10 heteroatoms. The Balaban J connectivity index is 1.68. The Bertz CT molecular complexity index is 1460. The molecule has 1 unspecified atom stereocenters. The number of nitrogens with one attached hydrogen (secondary N) is 2. The zero-order valence-corrected chi connectivity index (χ0v) is 21.5. The normalized spacial score (nSPS) is 19.7. The molecule has 2 aromatic carbocycles. The molecular formula is C25H28ClN3O5S. The van der Waals surface area contributed by atoms with E-state index < -0.39 is 31.5 Å². The van der Waals surface area contributed by atoms with E-state index in [1.807, 2.05) is 0 Å². The van der Waals surface area contributed by atoms with Crippen molar-refractivity contribution in [3.8, 4) is 5.75 Å². The van der Waals surface area contributed by atoms with Gasteiger partial charge in [0.25, 0.3) is 10.9 Å². The van der Waals surface area contributed by atoms with Crippen molar-refractivity contribution in [2.75, 3.05) is 24.7 Å². The molecule has 0 radical (unpaired) electrons. The number of rotatable bonds is 7. The number of phenols is 1. The van der Waals surface area contributed by atoms with Crippen LogP contribution in [0.3, 0.4) is 0 Å². The first kappa shape index (κ1) is 25.2. The number of anilines is 3. The van der Waals surface area contributed by atoms with Crippen LogP contribution in [0.5, 0.6) is 5.75 Å². The van der Waals surface area contributed by atoms with E-state index in [2.05, 4.69) is 48.8 Å². The first-order valence-electron chi connectivity index (χ1n) is 11.2. The highest BCUT2D eigenvalue weighted by molar-refractivity contribution is 7.89. The van der Waals surface area contributed by atoms with Crippen LogP contribution in [0.2, 0.25) is 5.02 Å². The Morgan fingerprint density at radius 3 is 2.46 bits per heavy atom. The highest BCUT2D eigenvalue weighted by Gasteiger charge is 2.35. The molecule has 0 saturated carbocycles. The van der Waals surface area contributed by atoms with Crippen molar-refractivity contribution in [2.45, 2.75) is 44.0 Å². The van der Waals surface area contributed by atoms with Crippen LogP contribution in [0.15, 0.2) is 62.1 Å². The van der Waals surface area contributed by atoms with Crippen molar-refractivity contribution in [3.05, 3.63) is 73.1 Å². The number of benzene rings is 1. The van der Waals surface area contributed by atoms with Crippen LogP contribution in [0, 0.1) is 5.41 Å². The summed E-state index contributed by atoms with van der Waals surface area (Å²) in [7, 11) is -1.44. The Hall–Kier alpha value is -2.88. The number of sulfonamides is 1. The van der Waals surface area contributed by atoms with E-state index in [0.29, 0.717) is 0 Å². The minimum Gasteiger partial charge on any atom is -0.504 e. The van der Waals surface area contributed by atoms with Crippen molar-refractivity contribution < 1.29 is 13.5 Å². The molecule has 4 rings (SSSR count). The maximum Gasteiger partial charge on any atom is 0.253 e. The van der Waals surface area contributed by atoms with Crippen LogP contribution >= 0.6 is 11.6 Å². The van der Waals surface area contributed by atoms with Gasteiger partial charge in [0.2, 0.25) is 10.0 Å². The van der Waals surface area contributed by atoms with Gasteiger partial charge in [-0.3, -0.25) is 9.59 Å². The van der Waals surface area contributed by atoms with Gasteiger partial charge < -0.3 is 15.7 Å². The molecule has 35 heavy (non-hydrogen) atoms. The van der Waals surface area contributed by atoms with Gasteiger partial charge in [-0.2, -0.15) is 0 Å².